The molecule has 1 aliphatic rings. The largest absolute Gasteiger partial charge is 0.376 e. The zero-order valence-corrected chi connectivity index (χ0v) is 18.1. The highest BCUT2D eigenvalue weighted by molar-refractivity contribution is 8.00. The Balaban J connectivity index is 1.55. The average molecular weight is 444 g/mol. The smallest absolute Gasteiger partial charge is 0.242 e. The molecule has 1 N–H and O–H groups in total. The molecule has 30 heavy (non-hydrogen) atoms. The minimum Gasteiger partial charge on any atom is -0.376 e. The van der Waals surface area contributed by atoms with Gasteiger partial charge in [-0.1, -0.05) is 59.8 Å². The Morgan fingerprint density at radius 3 is 2.90 bits per heavy atom. The van der Waals surface area contributed by atoms with Crippen molar-refractivity contribution in [3.8, 4) is 0 Å². The fourth-order valence-corrected chi connectivity index (χ4v) is 4.43. The van der Waals surface area contributed by atoms with Gasteiger partial charge in [-0.15, -0.1) is 5.10 Å². The summed E-state index contributed by atoms with van der Waals surface area (Å²) in [5, 5.41) is 15.7. The third-order valence-corrected chi connectivity index (χ3v) is 6.54. The number of benzene rings is 2. The molecular weight excluding hydrogens is 422 g/mol. The minimum atomic E-state index is -0.527. The first-order valence-electron chi connectivity index (χ1n) is 9.76. The number of hydrogen-bond donors (Lipinski definition) is 1. The molecule has 2 aromatic carbocycles. The van der Waals surface area contributed by atoms with Crippen molar-refractivity contribution in [2.75, 3.05) is 11.9 Å². The molecule has 0 radical (unpaired) electrons. The Bertz CT molecular complexity index is 1010. The Morgan fingerprint density at radius 1 is 1.33 bits per heavy atom. The summed E-state index contributed by atoms with van der Waals surface area (Å²) in [6.45, 7) is 3.26. The van der Waals surface area contributed by atoms with Crippen molar-refractivity contribution >= 4 is 35.0 Å². The SMILES string of the molecule is Cc1ccc(NC(=O)[C@H](Sc2nnnn2C[C@@H]2CCCO2)c2ccccc2)cc1Cl. The van der Waals surface area contributed by atoms with Gasteiger partial charge in [0, 0.05) is 17.3 Å². The van der Waals surface area contributed by atoms with Gasteiger partial charge in [0.15, 0.2) is 0 Å². The molecule has 7 nitrogen and oxygen atoms in total. The average Bonchev–Trinajstić information content (AvgIpc) is 3.42. The van der Waals surface area contributed by atoms with Crippen LogP contribution >= 0.6 is 23.4 Å². The highest BCUT2D eigenvalue weighted by atomic mass is 35.5. The van der Waals surface area contributed by atoms with Crippen LogP contribution in [0.2, 0.25) is 5.02 Å². The number of nitrogens with zero attached hydrogens (tertiary/aromatic N) is 4. The molecule has 1 fully saturated rings. The summed E-state index contributed by atoms with van der Waals surface area (Å²) >= 11 is 7.53. The number of aryl methyl sites for hydroxylation is 1. The van der Waals surface area contributed by atoms with Crippen LogP contribution in [0.4, 0.5) is 5.69 Å². The molecule has 3 aromatic rings. The van der Waals surface area contributed by atoms with Crippen molar-refractivity contribution in [1.82, 2.24) is 20.2 Å². The lowest BCUT2D eigenvalue weighted by molar-refractivity contribution is -0.115. The Hall–Kier alpha value is -2.42. The second kappa shape index (κ2) is 9.59. The molecule has 0 unspecified atom stereocenters. The van der Waals surface area contributed by atoms with E-state index in [2.05, 4.69) is 20.8 Å². The zero-order chi connectivity index (χ0) is 20.9. The number of nitrogens with one attached hydrogen (secondary N) is 1. The topological polar surface area (TPSA) is 81.9 Å². The molecule has 1 amide bonds. The summed E-state index contributed by atoms with van der Waals surface area (Å²) in [4.78, 5) is 13.2. The fourth-order valence-electron chi connectivity index (χ4n) is 3.26. The third-order valence-electron chi connectivity index (χ3n) is 4.90. The van der Waals surface area contributed by atoms with Gasteiger partial charge < -0.3 is 10.1 Å². The van der Waals surface area contributed by atoms with Crippen LogP contribution in [0.1, 0.15) is 29.2 Å². The molecule has 4 rings (SSSR count). The summed E-state index contributed by atoms with van der Waals surface area (Å²) < 4.78 is 7.42. The number of ether oxygens (including phenoxy) is 1. The molecule has 1 aliphatic heterocycles. The van der Waals surface area contributed by atoms with Crippen molar-refractivity contribution in [1.29, 1.82) is 0 Å². The number of tetrazole rings is 1. The summed E-state index contributed by atoms with van der Waals surface area (Å²) in [6.07, 6.45) is 2.14. The van der Waals surface area contributed by atoms with Crippen LogP contribution in [-0.4, -0.2) is 38.8 Å². The van der Waals surface area contributed by atoms with E-state index >= 15 is 0 Å². The molecule has 2 heterocycles. The first-order chi connectivity index (χ1) is 14.6. The normalized spacial score (nSPS) is 17.1. The standard InChI is InChI=1S/C21H22ClN5O2S/c1-14-9-10-16(12-18(14)22)23-20(28)19(15-6-3-2-4-7-15)30-21-24-25-26-27(21)13-17-8-5-11-29-17/h2-4,6-7,9-10,12,17,19H,5,8,11,13H2,1H3,(H,23,28)/t17-,19+/m0/s1. The molecule has 2 atom stereocenters. The van der Waals surface area contributed by atoms with Crippen molar-refractivity contribution in [2.45, 2.75) is 42.8 Å². The summed E-state index contributed by atoms with van der Waals surface area (Å²) in [7, 11) is 0. The van der Waals surface area contributed by atoms with Gasteiger partial charge in [-0.3, -0.25) is 4.79 Å². The molecule has 1 aromatic heterocycles. The van der Waals surface area contributed by atoms with Gasteiger partial charge in [0.05, 0.1) is 12.6 Å². The maximum absolute atomic E-state index is 13.2. The number of hydrogen-bond acceptors (Lipinski definition) is 6. The van der Waals surface area contributed by atoms with Crippen LogP contribution in [0, 0.1) is 6.92 Å². The number of thioether (sulfide) groups is 1. The van der Waals surface area contributed by atoms with Crippen molar-refractivity contribution in [3.63, 3.8) is 0 Å². The maximum Gasteiger partial charge on any atom is 0.242 e. The van der Waals surface area contributed by atoms with Crippen molar-refractivity contribution in [2.24, 2.45) is 0 Å². The van der Waals surface area contributed by atoms with Crippen LogP contribution in [0.25, 0.3) is 0 Å². The van der Waals surface area contributed by atoms with Gasteiger partial charge in [-0.2, -0.15) is 0 Å². The number of aromatic nitrogens is 4. The van der Waals surface area contributed by atoms with Gasteiger partial charge >= 0.3 is 0 Å². The van der Waals surface area contributed by atoms with Gasteiger partial charge in [-0.05, 0) is 53.5 Å². The molecule has 9 heteroatoms. The number of anilines is 1. The second-order valence-electron chi connectivity index (χ2n) is 7.14. The van der Waals surface area contributed by atoms with Gasteiger partial charge in [0.2, 0.25) is 11.1 Å². The molecular formula is C21H22ClN5O2S. The maximum atomic E-state index is 13.2. The number of carbonyl (C=O) groups excluding carboxylic acids is 1. The van der Waals surface area contributed by atoms with E-state index in [1.165, 1.54) is 11.8 Å². The van der Waals surface area contributed by atoms with Crippen molar-refractivity contribution < 1.29 is 9.53 Å². The summed E-state index contributed by atoms with van der Waals surface area (Å²) in [5.74, 6) is -0.169. The van der Waals surface area contributed by atoms with E-state index < -0.39 is 5.25 Å². The Labute approximate surface area is 184 Å². The highest BCUT2D eigenvalue weighted by Gasteiger charge is 2.26. The number of carbonyl (C=O) groups is 1. The predicted octanol–water partition coefficient (Wildman–Crippen LogP) is 4.29. The Kier molecular flexibility index (Phi) is 6.66. The van der Waals surface area contributed by atoms with Crippen LogP contribution in [0.15, 0.2) is 53.7 Å². The lowest BCUT2D eigenvalue weighted by atomic mass is 10.1. The lowest BCUT2D eigenvalue weighted by Crippen LogP contribution is -2.21. The van der Waals surface area contributed by atoms with E-state index in [-0.39, 0.29) is 12.0 Å². The Morgan fingerprint density at radius 2 is 2.17 bits per heavy atom. The summed E-state index contributed by atoms with van der Waals surface area (Å²) in [5.41, 5.74) is 2.47. The van der Waals surface area contributed by atoms with Crippen LogP contribution in [-0.2, 0) is 16.1 Å². The second-order valence-corrected chi connectivity index (χ2v) is 8.62. The quantitative estimate of drug-likeness (QED) is 0.548. The zero-order valence-electron chi connectivity index (χ0n) is 16.5. The number of halogens is 1. The molecule has 156 valence electrons. The van der Waals surface area contributed by atoms with Gasteiger partial charge in [0.1, 0.15) is 5.25 Å². The third kappa shape index (κ3) is 5.00. The van der Waals surface area contributed by atoms with Crippen LogP contribution < -0.4 is 5.32 Å². The first kappa shape index (κ1) is 20.8. The first-order valence-corrected chi connectivity index (χ1v) is 11.0. The van der Waals surface area contributed by atoms with E-state index in [0.717, 1.165) is 30.6 Å². The number of rotatable bonds is 7. The molecule has 1 saturated heterocycles. The van der Waals surface area contributed by atoms with E-state index in [1.54, 1.807) is 10.7 Å². The molecule has 0 spiro atoms. The molecule has 0 aliphatic carbocycles. The van der Waals surface area contributed by atoms with Gasteiger partial charge in [-0.25, -0.2) is 4.68 Å². The van der Waals surface area contributed by atoms with Crippen LogP contribution in [0.5, 0.6) is 0 Å². The van der Waals surface area contributed by atoms with E-state index in [1.807, 2.05) is 49.4 Å². The van der Waals surface area contributed by atoms with Crippen LogP contribution in [0.3, 0.4) is 0 Å². The molecule has 0 bridgehead atoms. The van der Waals surface area contributed by atoms with Gasteiger partial charge in [0.25, 0.3) is 0 Å². The monoisotopic (exact) mass is 443 g/mol. The van der Waals surface area contributed by atoms with E-state index in [9.17, 15) is 4.79 Å². The highest BCUT2D eigenvalue weighted by Crippen LogP contribution is 2.35. The number of amides is 1. The summed E-state index contributed by atoms with van der Waals surface area (Å²) in [6, 6.07) is 15.1. The van der Waals surface area contributed by atoms with Crippen molar-refractivity contribution in [3.05, 3.63) is 64.7 Å². The predicted molar refractivity (Wildman–Crippen MR) is 117 cm³/mol. The van der Waals surface area contributed by atoms with E-state index in [0.29, 0.717) is 22.4 Å². The van der Waals surface area contributed by atoms with E-state index in [4.69, 9.17) is 16.3 Å². The fraction of sp³-hybridized carbons (Fsp3) is 0.333. The minimum absolute atomic E-state index is 0.103. The lowest BCUT2D eigenvalue weighted by Gasteiger charge is -2.17. The molecule has 0 saturated carbocycles.